The van der Waals surface area contributed by atoms with Gasteiger partial charge in [0.25, 0.3) is 0 Å². The Hall–Kier alpha value is -1.95. The van der Waals surface area contributed by atoms with Crippen LogP contribution in [0.4, 0.5) is 0 Å². The SMILES string of the molecule is C=CCO[C@H](CNS(=O)(=O)c1ccc(C)cc1)c1ccccc1. The van der Waals surface area contributed by atoms with Gasteiger partial charge in [-0.3, -0.25) is 0 Å². The van der Waals surface area contributed by atoms with Crippen LogP contribution < -0.4 is 4.72 Å². The van der Waals surface area contributed by atoms with E-state index in [9.17, 15) is 8.42 Å². The Balaban J connectivity index is 2.11. The number of sulfonamides is 1. The molecule has 1 atom stereocenters. The molecular weight excluding hydrogens is 310 g/mol. The topological polar surface area (TPSA) is 55.4 Å². The molecule has 0 spiro atoms. The van der Waals surface area contributed by atoms with E-state index in [2.05, 4.69) is 11.3 Å². The lowest BCUT2D eigenvalue weighted by atomic mass is 10.1. The molecule has 0 saturated carbocycles. The summed E-state index contributed by atoms with van der Waals surface area (Å²) < 4.78 is 33.0. The van der Waals surface area contributed by atoms with Crippen molar-refractivity contribution in [1.29, 1.82) is 0 Å². The van der Waals surface area contributed by atoms with Crippen molar-refractivity contribution in [3.63, 3.8) is 0 Å². The van der Waals surface area contributed by atoms with Gasteiger partial charge in [-0.05, 0) is 24.6 Å². The average molecular weight is 331 g/mol. The minimum Gasteiger partial charge on any atom is -0.368 e. The molecule has 4 nitrogen and oxygen atoms in total. The molecule has 0 aliphatic rings. The largest absolute Gasteiger partial charge is 0.368 e. The van der Waals surface area contributed by atoms with Crippen molar-refractivity contribution >= 4 is 10.0 Å². The molecular formula is C18H21NO3S. The molecule has 0 heterocycles. The molecule has 0 aliphatic heterocycles. The maximum Gasteiger partial charge on any atom is 0.240 e. The number of ether oxygens (including phenoxy) is 1. The highest BCUT2D eigenvalue weighted by molar-refractivity contribution is 7.89. The first-order valence-electron chi connectivity index (χ1n) is 7.36. The molecule has 0 aliphatic carbocycles. The zero-order valence-corrected chi connectivity index (χ0v) is 13.9. The standard InChI is InChI=1S/C18H21NO3S/c1-3-13-22-18(16-7-5-4-6-8-16)14-19-23(20,21)17-11-9-15(2)10-12-17/h3-12,18-19H,1,13-14H2,2H3/t18-/m1/s1. The zero-order chi connectivity index (χ0) is 16.7. The number of nitrogens with one attached hydrogen (secondary N) is 1. The summed E-state index contributed by atoms with van der Waals surface area (Å²) in [4.78, 5) is 0.249. The summed E-state index contributed by atoms with van der Waals surface area (Å²) >= 11 is 0. The van der Waals surface area contributed by atoms with E-state index < -0.39 is 10.0 Å². The molecule has 1 N–H and O–H groups in total. The van der Waals surface area contributed by atoms with Gasteiger partial charge in [-0.15, -0.1) is 6.58 Å². The van der Waals surface area contributed by atoms with Crippen LogP contribution in [0, 0.1) is 6.92 Å². The lowest BCUT2D eigenvalue weighted by Gasteiger charge is -2.18. The lowest BCUT2D eigenvalue weighted by molar-refractivity contribution is 0.0780. The van der Waals surface area contributed by atoms with Crippen molar-refractivity contribution in [2.45, 2.75) is 17.9 Å². The van der Waals surface area contributed by atoms with Crippen molar-refractivity contribution in [2.24, 2.45) is 0 Å². The third-order valence-corrected chi connectivity index (χ3v) is 4.82. The van der Waals surface area contributed by atoms with Crippen molar-refractivity contribution in [2.75, 3.05) is 13.2 Å². The number of rotatable bonds is 8. The number of hydrogen-bond donors (Lipinski definition) is 1. The van der Waals surface area contributed by atoms with Gasteiger partial charge in [0.2, 0.25) is 10.0 Å². The third kappa shape index (κ3) is 5.03. The van der Waals surface area contributed by atoms with Crippen LogP contribution in [0.5, 0.6) is 0 Å². The molecule has 0 saturated heterocycles. The lowest BCUT2D eigenvalue weighted by Crippen LogP contribution is -2.29. The molecule has 2 aromatic rings. The second-order valence-corrected chi connectivity index (χ2v) is 6.95. The molecule has 2 rings (SSSR count). The van der Waals surface area contributed by atoms with Gasteiger partial charge in [0.05, 0.1) is 17.6 Å². The molecule has 2 aromatic carbocycles. The van der Waals surface area contributed by atoms with Crippen LogP contribution in [0.2, 0.25) is 0 Å². The second kappa shape index (κ2) is 8.06. The van der Waals surface area contributed by atoms with Crippen LogP contribution in [-0.4, -0.2) is 21.6 Å². The number of benzene rings is 2. The Morgan fingerprint density at radius 1 is 1.13 bits per heavy atom. The fraction of sp³-hybridized carbons (Fsp3) is 0.222. The average Bonchev–Trinajstić information content (AvgIpc) is 2.56. The molecule has 0 bridgehead atoms. The Kier molecular flexibility index (Phi) is 6.10. The van der Waals surface area contributed by atoms with Crippen LogP contribution in [0.3, 0.4) is 0 Å². The van der Waals surface area contributed by atoms with Crippen LogP contribution in [-0.2, 0) is 14.8 Å². The summed E-state index contributed by atoms with van der Waals surface area (Å²) in [6.45, 7) is 6.06. The van der Waals surface area contributed by atoms with Crippen molar-refractivity contribution in [3.8, 4) is 0 Å². The van der Waals surface area contributed by atoms with Crippen LogP contribution in [0.1, 0.15) is 17.2 Å². The highest BCUT2D eigenvalue weighted by atomic mass is 32.2. The first kappa shape index (κ1) is 17.4. The van der Waals surface area contributed by atoms with Crippen LogP contribution in [0.25, 0.3) is 0 Å². The van der Waals surface area contributed by atoms with Gasteiger partial charge in [0.15, 0.2) is 0 Å². The Labute approximate surface area is 137 Å². The molecule has 0 unspecified atom stereocenters. The summed E-state index contributed by atoms with van der Waals surface area (Å²) in [5, 5.41) is 0. The molecule has 0 fully saturated rings. The molecule has 0 amide bonds. The van der Waals surface area contributed by atoms with E-state index in [0.29, 0.717) is 6.61 Å². The van der Waals surface area contributed by atoms with E-state index >= 15 is 0 Å². The molecule has 0 radical (unpaired) electrons. The third-order valence-electron chi connectivity index (χ3n) is 3.38. The zero-order valence-electron chi connectivity index (χ0n) is 13.1. The van der Waals surface area contributed by atoms with Crippen LogP contribution in [0.15, 0.2) is 72.1 Å². The summed E-state index contributed by atoms with van der Waals surface area (Å²) in [5.41, 5.74) is 1.93. The maximum absolute atomic E-state index is 12.4. The van der Waals surface area contributed by atoms with Gasteiger partial charge in [0.1, 0.15) is 0 Å². The predicted octanol–water partition coefficient (Wildman–Crippen LogP) is 3.22. The summed E-state index contributed by atoms with van der Waals surface area (Å²) in [6.07, 6.45) is 1.28. The first-order valence-corrected chi connectivity index (χ1v) is 8.85. The summed E-state index contributed by atoms with van der Waals surface area (Å²) in [5.74, 6) is 0. The molecule has 5 heteroatoms. The van der Waals surface area contributed by atoms with Crippen LogP contribution >= 0.6 is 0 Å². The normalized spacial score (nSPS) is 12.7. The van der Waals surface area contributed by atoms with Gasteiger partial charge >= 0.3 is 0 Å². The predicted molar refractivity (Wildman–Crippen MR) is 91.7 cm³/mol. The maximum atomic E-state index is 12.4. The Morgan fingerprint density at radius 2 is 1.78 bits per heavy atom. The van der Waals surface area contributed by atoms with E-state index in [1.165, 1.54) is 0 Å². The van der Waals surface area contributed by atoms with Crippen molar-refractivity contribution in [3.05, 3.63) is 78.4 Å². The van der Waals surface area contributed by atoms with E-state index in [1.807, 2.05) is 37.3 Å². The first-order chi connectivity index (χ1) is 11.0. The van der Waals surface area contributed by atoms with E-state index in [0.717, 1.165) is 11.1 Å². The highest BCUT2D eigenvalue weighted by Crippen LogP contribution is 2.18. The fourth-order valence-corrected chi connectivity index (χ4v) is 3.14. The summed E-state index contributed by atoms with van der Waals surface area (Å²) in [6, 6.07) is 16.3. The quantitative estimate of drug-likeness (QED) is 0.756. The van der Waals surface area contributed by atoms with Crippen molar-refractivity contribution < 1.29 is 13.2 Å². The summed E-state index contributed by atoms with van der Waals surface area (Å²) in [7, 11) is -3.56. The van der Waals surface area contributed by atoms with Gasteiger partial charge in [-0.2, -0.15) is 0 Å². The van der Waals surface area contributed by atoms with E-state index in [4.69, 9.17) is 4.74 Å². The second-order valence-electron chi connectivity index (χ2n) is 5.19. The Morgan fingerprint density at radius 3 is 2.39 bits per heavy atom. The molecule has 122 valence electrons. The number of aryl methyl sites for hydroxylation is 1. The van der Waals surface area contributed by atoms with Gasteiger partial charge < -0.3 is 4.74 Å². The minimum atomic E-state index is -3.56. The van der Waals surface area contributed by atoms with Gasteiger partial charge in [0, 0.05) is 6.54 Å². The minimum absolute atomic E-state index is 0.161. The van der Waals surface area contributed by atoms with E-state index in [1.54, 1.807) is 30.3 Å². The fourth-order valence-electron chi connectivity index (χ4n) is 2.11. The Bertz CT molecular complexity index is 725. The monoisotopic (exact) mass is 331 g/mol. The molecule has 23 heavy (non-hydrogen) atoms. The number of hydrogen-bond acceptors (Lipinski definition) is 3. The highest BCUT2D eigenvalue weighted by Gasteiger charge is 2.18. The van der Waals surface area contributed by atoms with Gasteiger partial charge in [-0.25, -0.2) is 13.1 Å². The van der Waals surface area contributed by atoms with Gasteiger partial charge in [-0.1, -0.05) is 54.1 Å². The molecule has 0 aromatic heterocycles. The van der Waals surface area contributed by atoms with E-state index in [-0.39, 0.29) is 17.5 Å². The smallest absolute Gasteiger partial charge is 0.240 e. The van der Waals surface area contributed by atoms with Crippen molar-refractivity contribution in [1.82, 2.24) is 4.72 Å².